The molecule has 2 nitrogen and oxygen atoms in total. The Hall–Kier alpha value is -0.670. The van der Waals surface area contributed by atoms with E-state index in [1.807, 2.05) is 17.8 Å². The fraction of sp³-hybridized carbons (Fsp3) is 0.625. The van der Waals surface area contributed by atoms with E-state index in [1.165, 1.54) is 30.6 Å². The lowest BCUT2D eigenvalue weighted by atomic mass is 9.86. The second-order valence-electron chi connectivity index (χ2n) is 5.35. The molecule has 3 heteroatoms. The molecule has 0 heterocycles. The highest BCUT2D eigenvalue weighted by Gasteiger charge is 2.19. The summed E-state index contributed by atoms with van der Waals surface area (Å²) >= 11 is 1.90. The van der Waals surface area contributed by atoms with Crippen LogP contribution in [0.15, 0.2) is 29.2 Å². The predicted octanol–water partition coefficient (Wildman–Crippen LogP) is 3.96. The van der Waals surface area contributed by atoms with E-state index in [0.717, 1.165) is 30.0 Å². The number of hydrogen-bond donors (Lipinski definition) is 1. The predicted molar refractivity (Wildman–Crippen MR) is 83.1 cm³/mol. The standard InChI is InChI=1S/C16H25NOS/c1-13-6-3-4-9-16(13)17-10-11-19-15-8-5-7-14(12-15)18-2/h5,7-8,12-13,16-17H,3-4,6,9-11H2,1-2H3. The van der Waals surface area contributed by atoms with Gasteiger partial charge in [0.15, 0.2) is 0 Å². The van der Waals surface area contributed by atoms with Gasteiger partial charge in [0, 0.05) is 23.2 Å². The van der Waals surface area contributed by atoms with Gasteiger partial charge < -0.3 is 10.1 Å². The number of hydrogen-bond acceptors (Lipinski definition) is 3. The molecule has 1 aliphatic rings. The van der Waals surface area contributed by atoms with Gasteiger partial charge in [0.2, 0.25) is 0 Å². The third kappa shape index (κ3) is 4.73. The summed E-state index contributed by atoms with van der Waals surface area (Å²) in [5, 5.41) is 3.72. The highest BCUT2D eigenvalue weighted by Crippen LogP contribution is 2.25. The van der Waals surface area contributed by atoms with Crippen LogP contribution in [-0.2, 0) is 0 Å². The Kier molecular flexibility index (Phi) is 6.05. The van der Waals surface area contributed by atoms with E-state index in [0.29, 0.717) is 0 Å². The van der Waals surface area contributed by atoms with Crippen LogP contribution in [0.4, 0.5) is 0 Å². The zero-order chi connectivity index (χ0) is 13.5. The molecule has 0 aromatic heterocycles. The van der Waals surface area contributed by atoms with Crippen molar-refractivity contribution < 1.29 is 4.74 Å². The van der Waals surface area contributed by atoms with Crippen LogP contribution in [0, 0.1) is 5.92 Å². The van der Waals surface area contributed by atoms with Crippen molar-refractivity contribution in [1.29, 1.82) is 0 Å². The van der Waals surface area contributed by atoms with Gasteiger partial charge >= 0.3 is 0 Å². The fourth-order valence-corrected chi connectivity index (χ4v) is 3.55. The lowest BCUT2D eigenvalue weighted by Gasteiger charge is -2.29. The first-order valence-electron chi connectivity index (χ1n) is 7.30. The van der Waals surface area contributed by atoms with Gasteiger partial charge in [-0.15, -0.1) is 11.8 Å². The average molecular weight is 279 g/mol. The summed E-state index contributed by atoms with van der Waals surface area (Å²) in [6.07, 6.45) is 5.55. The van der Waals surface area contributed by atoms with E-state index in [2.05, 4.69) is 30.4 Å². The van der Waals surface area contributed by atoms with Gasteiger partial charge in [-0.3, -0.25) is 0 Å². The molecule has 1 aromatic rings. The summed E-state index contributed by atoms with van der Waals surface area (Å²) in [7, 11) is 1.72. The summed E-state index contributed by atoms with van der Waals surface area (Å²) in [4.78, 5) is 1.29. The first kappa shape index (κ1) is 14.7. The second kappa shape index (κ2) is 7.81. The molecular formula is C16H25NOS. The van der Waals surface area contributed by atoms with E-state index in [1.54, 1.807) is 7.11 Å². The van der Waals surface area contributed by atoms with Crippen LogP contribution in [0.25, 0.3) is 0 Å². The molecule has 19 heavy (non-hydrogen) atoms. The van der Waals surface area contributed by atoms with Crippen molar-refractivity contribution in [3.05, 3.63) is 24.3 Å². The minimum absolute atomic E-state index is 0.736. The molecule has 0 spiro atoms. The molecule has 1 aromatic carbocycles. The van der Waals surface area contributed by atoms with E-state index in [9.17, 15) is 0 Å². The molecule has 2 unspecified atom stereocenters. The van der Waals surface area contributed by atoms with Crippen LogP contribution in [0.1, 0.15) is 32.6 Å². The van der Waals surface area contributed by atoms with Crippen LogP contribution >= 0.6 is 11.8 Å². The van der Waals surface area contributed by atoms with Crippen LogP contribution in [0.3, 0.4) is 0 Å². The van der Waals surface area contributed by atoms with Gasteiger partial charge in [-0.1, -0.05) is 25.8 Å². The molecule has 2 rings (SSSR count). The van der Waals surface area contributed by atoms with Gasteiger partial charge in [0.05, 0.1) is 7.11 Å². The van der Waals surface area contributed by atoms with Crippen LogP contribution < -0.4 is 10.1 Å². The van der Waals surface area contributed by atoms with Gasteiger partial charge in [-0.05, 0) is 37.0 Å². The molecule has 106 valence electrons. The molecule has 0 amide bonds. The zero-order valence-corrected chi connectivity index (χ0v) is 12.8. The highest BCUT2D eigenvalue weighted by atomic mass is 32.2. The minimum atomic E-state index is 0.736. The molecule has 1 aliphatic carbocycles. The van der Waals surface area contributed by atoms with E-state index < -0.39 is 0 Å². The lowest BCUT2D eigenvalue weighted by molar-refractivity contribution is 0.285. The Balaban J connectivity index is 1.68. The number of benzene rings is 1. The number of methoxy groups -OCH3 is 1. The maximum absolute atomic E-state index is 5.24. The monoisotopic (exact) mass is 279 g/mol. The number of nitrogens with one attached hydrogen (secondary N) is 1. The first-order chi connectivity index (χ1) is 9.29. The third-order valence-corrected chi connectivity index (χ3v) is 4.93. The summed E-state index contributed by atoms with van der Waals surface area (Å²) in [5.74, 6) is 2.91. The van der Waals surface area contributed by atoms with Gasteiger partial charge in [0.1, 0.15) is 5.75 Å². The van der Waals surface area contributed by atoms with Crippen molar-refractivity contribution in [2.75, 3.05) is 19.4 Å². The van der Waals surface area contributed by atoms with E-state index in [-0.39, 0.29) is 0 Å². The number of rotatable bonds is 6. The first-order valence-corrected chi connectivity index (χ1v) is 8.28. The van der Waals surface area contributed by atoms with Crippen molar-refractivity contribution >= 4 is 11.8 Å². The highest BCUT2D eigenvalue weighted by molar-refractivity contribution is 7.99. The minimum Gasteiger partial charge on any atom is -0.497 e. The number of ether oxygens (including phenoxy) is 1. The molecule has 0 radical (unpaired) electrons. The van der Waals surface area contributed by atoms with Gasteiger partial charge in [-0.25, -0.2) is 0 Å². The van der Waals surface area contributed by atoms with Crippen LogP contribution in [-0.4, -0.2) is 25.4 Å². The molecule has 0 aliphatic heterocycles. The topological polar surface area (TPSA) is 21.3 Å². The number of thioether (sulfide) groups is 1. The molecule has 1 saturated carbocycles. The van der Waals surface area contributed by atoms with E-state index in [4.69, 9.17) is 4.74 Å². The quantitative estimate of drug-likeness (QED) is 0.629. The fourth-order valence-electron chi connectivity index (χ4n) is 2.72. The Morgan fingerprint density at radius 1 is 1.32 bits per heavy atom. The van der Waals surface area contributed by atoms with E-state index >= 15 is 0 Å². The Morgan fingerprint density at radius 3 is 2.95 bits per heavy atom. The van der Waals surface area contributed by atoms with Crippen LogP contribution in [0.5, 0.6) is 5.75 Å². The Labute approximate surface area is 121 Å². The Bertz CT molecular complexity index is 383. The maximum atomic E-state index is 5.24. The van der Waals surface area contributed by atoms with Crippen molar-refractivity contribution in [3.8, 4) is 5.75 Å². The average Bonchev–Trinajstić information content (AvgIpc) is 2.45. The SMILES string of the molecule is COc1cccc(SCCNC2CCCCC2C)c1. The van der Waals surface area contributed by atoms with Crippen molar-refractivity contribution in [2.45, 2.75) is 43.5 Å². The second-order valence-corrected chi connectivity index (χ2v) is 6.52. The normalized spacial score (nSPS) is 23.3. The van der Waals surface area contributed by atoms with Crippen molar-refractivity contribution in [2.24, 2.45) is 5.92 Å². The van der Waals surface area contributed by atoms with Gasteiger partial charge in [-0.2, -0.15) is 0 Å². The summed E-state index contributed by atoms with van der Waals surface area (Å²) in [6, 6.07) is 9.04. The van der Waals surface area contributed by atoms with Gasteiger partial charge in [0.25, 0.3) is 0 Å². The summed E-state index contributed by atoms with van der Waals surface area (Å²) < 4.78 is 5.24. The third-order valence-electron chi connectivity index (χ3n) is 3.93. The molecular weight excluding hydrogens is 254 g/mol. The molecule has 1 fully saturated rings. The summed E-state index contributed by atoms with van der Waals surface area (Å²) in [5.41, 5.74) is 0. The molecule has 1 N–H and O–H groups in total. The van der Waals surface area contributed by atoms with Crippen molar-refractivity contribution in [1.82, 2.24) is 5.32 Å². The maximum Gasteiger partial charge on any atom is 0.119 e. The largest absolute Gasteiger partial charge is 0.497 e. The smallest absolute Gasteiger partial charge is 0.119 e. The zero-order valence-electron chi connectivity index (χ0n) is 12.0. The van der Waals surface area contributed by atoms with Crippen LogP contribution in [0.2, 0.25) is 0 Å². The molecule has 2 atom stereocenters. The lowest BCUT2D eigenvalue weighted by Crippen LogP contribution is -2.38. The molecule has 0 saturated heterocycles. The Morgan fingerprint density at radius 2 is 2.16 bits per heavy atom. The molecule has 0 bridgehead atoms. The van der Waals surface area contributed by atoms with Crippen molar-refractivity contribution in [3.63, 3.8) is 0 Å². The summed E-state index contributed by atoms with van der Waals surface area (Å²) in [6.45, 7) is 3.48.